The predicted octanol–water partition coefficient (Wildman–Crippen LogP) is 3.43. The van der Waals surface area contributed by atoms with Crippen LogP contribution < -0.4 is 9.64 Å². The molecule has 0 aliphatic rings. The number of aliphatic hydroxyl groups excluding tert-OH is 1. The molecule has 1 atom stereocenters. The number of nitrogens with zero attached hydrogens (tertiary/aromatic N) is 1. The lowest BCUT2D eigenvalue weighted by Crippen LogP contribution is -2.22. The van der Waals surface area contributed by atoms with Gasteiger partial charge in [-0.1, -0.05) is 36.4 Å². The molecule has 0 bridgehead atoms. The van der Waals surface area contributed by atoms with Gasteiger partial charge in [0.25, 0.3) is 0 Å². The van der Waals surface area contributed by atoms with E-state index in [2.05, 4.69) is 29.2 Å². The Hall–Kier alpha value is -2.00. The second-order valence-electron chi connectivity index (χ2n) is 5.23. The van der Waals surface area contributed by atoms with Crippen molar-refractivity contribution in [1.82, 2.24) is 0 Å². The van der Waals surface area contributed by atoms with Crippen LogP contribution in [0.15, 0.2) is 48.5 Å². The van der Waals surface area contributed by atoms with Gasteiger partial charge in [0.05, 0.1) is 13.2 Å². The number of anilines is 1. The zero-order valence-electron chi connectivity index (χ0n) is 12.9. The Kier molecular flexibility index (Phi) is 5.23. The molecule has 3 heteroatoms. The zero-order chi connectivity index (χ0) is 15.2. The SMILES string of the molecule is COc1cccc(N(C)CCc2ccccc2)c1C(C)O. The molecule has 0 amide bonds. The molecule has 2 aromatic carbocycles. The second-order valence-corrected chi connectivity index (χ2v) is 5.23. The van der Waals surface area contributed by atoms with Crippen LogP contribution in [-0.2, 0) is 6.42 Å². The van der Waals surface area contributed by atoms with Crippen LogP contribution in [0.3, 0.4) is 0 Å². The summed E-state index contributed by atoms with van der Waals surface area (Å²) in [6.07, 6.45) is 0.406. The first kappa shape index (κ1) is 15.4. The topological polar surface area (TPSA) is 32.7 Å². The monoisotopic (exact) mass is 285 g/mol. The molecule has 2 aromatic rings. The van der Waals surface area contributed by atoms with E-state index in [-0.39, 0.29) is 0 Å². The van der Waals surface area contributed by atoms with Crippen LogP contribution in [0.4, 0.5) is 5.69 Å². The first-order valence-corrected chi connectivity index (χ1v) is 7.23. The second kappa shape index (κ2) is 7.14. The van der Waals surface area contributed by atoms with E-state index in [0.29, 0.717) is 0 Å². The van der Waals surface area contributed by atoms with E-state index in [4.69, 9.17) is 4.74 Å². The summed E-state index contributed by atoms with van der Waals surface area (Å²) in [4.78, 5) is 2.16. The standard InChI is InChI=1S/C18H23NO2/c1-14(20)18-16(10-7-11-17(18)21-3)19(2)13-12-15-8-5-4-6-9-15/h4-11,14,20H,12-13H2,1-3H3. The van der Waals surface area contributed by atoms with E-state index in [1.165, 1.54) is 5.56 Å². The molecule has 0 aromatic heterocycles. The van der Waals surface area contributed by atoms with Gasteiger partial charge in [0.15, 0.2) is 0 Å². The largest absolute Gasteiger partial charge is 0.496 e. The number of likely N-dealkylation sites (N-methyl/N-ethyl adjacent to an activating group) is 1. The highest BCUT2D eigenvalue weighted by atomic mass is 16.5. The first-order valence-electron chi connectivity index (χ1n) is 7.23. The van der Waals surface area contributed by atoms with Crippen molar-refractivity contribution in [3.63, 3.8) is 0 Å². The van der Waals surface area contributed by atoms with Gasteiger partial charge in [0, 0.05) is 24.8 Å². The third-order valence-corrected chi connectivity index (χ3v) is 3.67. The summed E-state index contributed by atoms with van der Waals surface area (Å²) in [6, 6.07) is 16.3. The maximum absolute atomic E-state index is 10.0. The van der Waals surface area contributed by atoms with Crippen LogP contribution in [0.5, 0.6) is 5.75 Å². The van der Waals surface area contributed by atoms with E-state index >= 15 is 0 Å². The molecule has 0 spiro atoms. The van der Waals surface area contributed by atoms with Crippen molar-refractivity contribution in [2.45, 2.75) is 19.4 Å². The summed E-state index contributed by atoms with van der Waals surface area (Å²) < 4.78 is 5.37. The molecule has 3 nitrogen and oxygen atoms in total. The van der Waals surface area contributed by atoms with Crippen molar-refractivity contribution >= 4 is 5.69 Å². The average Bonchev–Trinajstić information content (AvgIpc) is 2.52. The minimum atomic E-state index is -0.560. The average molecular weight is 285 g/mol. The van der Waals surface area contributed by atoms with Crippen molar-refractivity contribution in [1.29, 1.82) is 0 Å². The molecular formula is C18H23NO2. The molecule has 0 saturated carbocycles. The third-order valence-electron chi connectivity index (χ3n) is 3.67. The fraction of sp³-hybridized carbons (Fsp3) is 0.333. The Bertz CT molecular complexity index is 567. The molecule has 0 aliphatic carbocycles. The molecule has 0 saturated heterocycles. The van der Waals surface area contributed by atoms with Gasteiger partial charge in [-0.2, -0.15) is 0 Å². The van der Waals surface area contributed by atoms with E-state index in [9.17, 15) is 5.11 Å². The molecule has 112 valence electrons. The van der Waals surface area contributed by atoms with Gasteiger partial charge in [0.1, 0.15) is 5.75 Å². The number of benzene rings is 2. The highest BCUT2D eigenvalue weighted by molar-refractivity contribution is 5.60. The van der Waals surface area contributed by atoms with Crippen molar-refractivity contribution in [3.8, 4) is 5.75 Å². The third kappa shape index (κ3) is 3.76. The Balaban J connectivity index is 2.17. The van der Waals surface area contributed by atoms with Crippen molar-refractivity contribution in [2.75, 3.05) is 25.6 Å². The normalized spacial score (nSPS) is 12.0. The van der Waals surface area contributed by atoms with E-state index < -0.39 is 6.10 Å². The maximum Gasteiger partial charge on any atom is 0.126 e. The van der Waals surface area contributed by atoms with Crippen LogP contribution in [0.1, 0.15) is 24.2 Å². The first-order chi connectivity index (χ1) is 10.1. The lowest BCUT2D eigenvalue weighted by Gasteiger charge is -2.25. The molecule has 0 radical (unpaired) electrons. The maximum atomic E-state index is 10.0. The smallest absolute Gasteiger partial charge is 0.126 e. The molecule has 0 fully saturated rings. The van der Waals surface area contributed by atoms with E-state index in [1.807, 2.05) is 31.3 Å². The number of ether oxygens (including phenoxy) is 1. The van der Waals surface area contributed by atoms with Gasteiger partial charge in [-0.05, 0) is 31.0 Å². The van der Waals surface area contributed by atoms with Gasteiger partial charge in [-0.3, -0.25) is 0 Å². The van der Waals surface area contributed by atoms with Gasteiger partial charge < -0.3 is 14.7 Å². The van der Waals surface area contributed by atoms with E-state index in [1.54, 1.807) is 14.0 Å². The van der Waals surface area contributed by atoms with Gasteiger partial charge in [-0.25, -0.2) is 0 Å². The van der Waals surface area contributed by atoms with Crippen LogP contribution in [0.2, 0.25) is 0 Å². The molecule has 21 heavy (non-hydrogen) atoms. The van der Waals surface area contributed by atoms with Gasteiger partial charge in [0.2, 0.25) is 0 Å². The highest BCUT2D eigenvalue weighted by Gasteiger charge is 2.16. The van der Waals surface area contributed by atoms with Crippen molar-refractivity contribution < 1.29 is 9.84 Å². The quantitative estimate of drug-likeness (QED) is 0.882. The number of rotatable bonds is 6. The van der Waals surface area contributed by atoms with Gasteiger partial charge in [-0.15, -0.1) is 0 Å². The summed E-state index contributed by atoms with van der Waals surface area (Å²) in [5.41, 5.74) is 3.17. The predicted molar refractivity (Wildman–Crippen MR) is 87.0 cm³/mol. The number of hydrogen-bond acceptors (Lipinski definition) is 3. The summed E-state index contributed by atoms with van der Waals surface area (Å²) in [5.74, 6) is 0.731. The Labute approximate surface area is 126 Å². The van der Waals surface area contributed by atoms with Crippen LogP contribution in [0.25, 0.3) is 0 Å². The zero-order valence-corrected chi connectivity index (χ0v) is 12.9. The molecule has 1 N–H and O–H groups in total. The Morgan fingerprint density at radius 2 is 1.81 bits per heavy atom. The Morgan fingerprint density at radius 1 is 1.10 bits per heavy atom. The highest BCUT2D eigenvalue weighted by Crippen LogP contribution is 2.34. The number of aliphatic hydroxyl groups is 1. The molecule has 1 unspecified atom stereocenters. The lowest BCUT2D eigenvalue weighted by atomic mass is 10.1. The van der Waals surface area contributed by atoms with Crippen molar-refractivity contribution in [2.24, 2.45) is 0 Å². The minimum absolute atomic E-state index is 0.560. The summed E-state index contributed by atoms with van der Waals surface area (Å²) >= 11 is 0. The summed E-state index contributed by atoms with van der Waals surface area (Å²) in [7, 11) is 3.68. The molecule has 0 heterocycles. The fourth-order valence-electron chi connectivity index (χ4n) is 2.53. The number of hydrogen-bond donors (Lipinski definition) is 1. The lowest BCUT2D eigenvalue weighted by molar-refractivity contribution is 0.194. The van der Waals surface area contributed by atoms with Crippen LogP contribution in [0, 0.1) is 0 Å². The minimum Gasteiger partial charge on any atom is -0.496 e. The van der Waals surface area contributed by atoms with Gasteiger partial charge >= 0.3 is 0 Å². The van der Waals surface area contributed by atoms with Crippen LogP contribution >= 0.6 is 0 Å². The van der Waals surface area contributed by atoms with Crippen LogP contribution in [-0.4, -0.2) is 25.8 Å². The Morgan fingerprint density at radius 3 is 2.43 bits per heavy atom. The fourth-order valence-corrected chi connectivity index (χ4v) is 2.53. The number of methoxy groups -OCH3 is 1. The molecule has 2 rings (SSSR count). The summed E-state index contributed by atoms with van der Waals surface area (Å²) in [6.45, 7) is 2.66. The summed E-state index contributed by atoms with van der Waals surface area (Å²) in [5, 5.41) is 10.0. The van der Waals surface area contributed by atoms with Crippen molar-refractivity contribution in [3.05, 3.63) is 59.7 Å². The van der Waals surface area contributed by atoms with E-state index in [0.717, 1.165) is 30.0 Å². The molecule has 0 aliphatic heterocycles. The molecular weight excluding hydrogens is 262 g/mol.